The summed E-state index contributed by atoms with van der Waals surface area (Å²) in [6.45, 7) is 4.50. The summed E-state index contributed by atoms with van der Waals surface area (Å²) in [5.41, 5.74) is 0.460. The van der Waals surface area contributed by atoms with E-state index in [2.05, 4.69) is 10.3 Å². The van der Waals surface area contributed by atoms with Crippen LogP contribution in [0.25, 0.3) is 0 Å². The quantitative estimate of drug-likeness (QED) is 0.785. The zero-order valence-electron chi connectivity index (χ0n) is 11.5. The summed E-state index contributed by atoms with van der Waals surface area (Å²) in [6.07, 6.45) is 0.957. The molecule has 0 saturated heterocycles. The monoisotopic (exact) mass is 285 g/mol. The van der Waals surface area contributed by atoms with Crippen molar-refractivity contribution in [2.24, 2.45) is 0 Å². The lowest BCUT2D eigenvalue weighted by Gasteiger charge is -2.23. The number of aliphatic hydroxyl groups excluding tert-OH is 1. The molecule has 1 rings (SSSR count). The van der Waals surface area contributed by atoms with E-state index in [9.17, 15) is 4.79 Å². The van der Waals surface area contributed by atoms with Crippen molar-refractivity contribution in [3.63, 3.8) is 0 Å². The van der Waals surface area contributed by atoms with Crippen molar-refractivity contribution in [2.45, 2.75) is 26.3 Å². The first kappa shape index (κ1) is 15.7. The van der Waals surface area contributed by atoms with Crippen molar-refractivity contribution in [2.75, 3.05) is 25.5 Å². The van der Waals surface area contributed by atoms with Gasteiger partial charge in [0, 0.05) is 19.2 Å². The number of nitrogens with zero attached hydrogens (tertiary/aromatic N) is 2. The van der Waals surface area contributed by atoms with Crippen LogP contribution >= 0.6 is 11.6 Å². The fraction of sp³-hybridized carbons (Fsp3) is 0.538. The van der Waals surface area contributed by atoms with Gasteiger partial charge >= 0.3 is 0 Å². The number of amides is 1. The highest BCUT2D eigenvalue weighted by Gasteiger charge is 2.18. The van der Waals surface area contributed by atoms with Gasteiger partial charge in [0.1, 0.15) is 11.0 Å². The van der Waals surface area contributed by atoms with Crippen LogP contribution in [0.1, 0.15) is 30.6 Å². The molecule has 106 valence electrons. The van der Waals surface area contributed by atoms with E-state index < -0.39 is 0 Å². The van der Waals surface area contributed by atoms with Gasteiger partial charge in [0.25, 0.3) is 5.91 Å². The molecule has 2 N–H and O–H groups in total. The first-order valence-corrected chi connectivity index (χ1v) is 6.66. The lowest BCUT2D eigenvalue weighted by Crippen LogP contribution is -2.37. The number of carbonyl (C=O) groups excluding carboxylic acids is 1. The van der Waals surface area contributed by atoms with Gasteiger partial charge < -0.3 is 15.3 Å². The van der Waals surface area contributed by atoms with Crippen molar-refractivity contribution in [1.29, 1.82) is 0 Å². The van der Waals surface area contributed by atoms with E-state index in [1.54, 1.807) is 20.0 Å². The van der Waals surface area contributed by atoms with Crippen LogP contribution in [0.5, 0.6) is 0 Å². The largest absolute Gasteiger partial charge is 0.394 e. The highest BCUT2D eigenvalue weighted by atomic mass is 35.5. The number of likely N-dealkylation sites (N-methyl/N-ethyl adjacent to an activating group) is 1. The average Bonchev–Trinajstić information content (AvgIpc) is 2.41. The molecule has 6 heteroatoms. The Hall–Kier alpha value is -1.33. The molecule has 0 fully saturated rings. The van der Waals surface area contributed by atoms with E-state index in [4.69, 9.17) is 16.7 Å². The molecule has 5 nitrogen and oxygen atoms in total. The number of rotatable bonds is 6. The molecule has 1 aromatic heterocycles. The third kappa shape index (κ3) is 4.36. The predicted molar refractivity (Wildman–Crippen MR) is 76.7 cm³/mol. The summed E-state index contributed by atoms with van der Waals surface area (Å²) in [6, 6.07) is 2.96. The van der Waals surface area contributed by atoms with Crippen LogP contribution < -0.4 is 5.32 Å². The van der Waals surface area contributed by atoms with Gasteiger partial charge in [-0.1, -0.05) is 18.5 Å². The van der Waals surface area contributed by atoms with Crippen LogP contribution in [0.4, 0.5) is 5.82 Å². The maximum atomic E-state index is 12.2. The second kappa shape index (κ2) is 7.31. The maximum absolute atomic E-state index is 12.2. The van der Waals surface area contributed by atoms with E-state index >= 15 is 0 Å². The van der Waals surface area contributed by atoms with Crippen molar-refractivity contribution < 1.29 is 9.90 Å². The van der Waals surface area contributed by atoms with Crippen molar-refractivity contribution in [1.82, 2.24) is 9.88 Å². The Morgan fingerprint density at radius 2 is 2.26 bits per heavy atom. The predicted octanol–water partition coefficient (Wildman–Crippen LogP) is 2.01. The molecule has 1 unspecified atom stereocenters. The Morgan fingerprint density at radius 1 is 1.58 bits per heavy atom. The molecule has 0 saturated carbocycles. The van der Waals surface area contributed by atoms with E-state index in [0.717, 1.165) is 13.0 Å². The summed E-state index contributed by atoms with van der Waals surface area (Å²) in [5, 5.41) is 12.5. The lowest BCUT2D eigenvalue weighted by atomic mass is 10.2. The third-order valence-electron chi connectivity index (χ3n) is 2.84. The van der Waals surface area contributed by atoms with E-state index in [0.29, 0.717) is 11.4 Å². The molecule has 0 radical (unpaired) electrons. The van der Waals surface area contributed by atoms with Gasteiger partial charge in [0.2, 0.25) is 0 Å². The maximum Gasteiger partial charge on any atom is 0.254 e. The first-order chi connectivity index (χ1) is 8.99. The number of hydrogen-bond acceptors (Lipinski definition) is 4. The fourth-order valence-electron chi connectivity index (χ4n) is 1.49. The minimum absolute atomic E-state index is 0.0814. The standard InChI is InChI=1S/C13H20ClN3O2/c1-4-5-15-12-7-10(6-11(14)16-12)13(19)17(3)9(2)8-18/h6-7,9,18H,4-5,8H2,1-3H3,(H,15,16). The Kier molecular flexibility index (Phi) is 6.05. The summed E-state index contributed by atoms with van der Waals surface area (Å²) in [7, 11) is 1.65. The second-order valence-electron chi connectivity index (χ2n) is 4.44. The summed E-state index contributed by atoms with van der Waals surface area (Å²) in [4.78, 5) is 17.8. The van der Waals surface area contributed by atoms with E-state index in [-0.39, 0.29) is 23.7 Å². The molecule has 0 spiro atoms. The molecule has 0 aromatic carbocycles. The summed E-state index contributed by atoms with van der Waals surface area (Å²) in [5.74, 6) is 0.396. The minimum Gasteiger partial charge on any atom is -0.394 e. The lowest BCUT2D eigenvalue weighted by molar-refractivity contribution is 0.0682. The minimum atomic E-state index is -0.244. The van der Waals surface area contributed by atoms with Crippen molar-refractivity contribution in [3.05, 3.63) is 22.8 Å². The number of nitrogens with one attached hydrogen (secondary N) is 1. The highest BCUT2D eigenvalue weighted by Crippen LogP contribution is 2.16. The van der Waals surface area contributed by atoms with Crippen LogP contribution in [0, 0.1) is 0 Å². The van der Waals surface area contributed by atoms with Crippen LogP contribution in [0.2, 0.25) is 5.15 Å². The van der Waals surface area contributed by atoms with Crippen LogP contribution in [0.3, 0.4) is 0 Å². The second-order valence-corrected chi connectivity index (χ2v) is 4.83. The van der Waals surface area contributed by atoms with Gasteiger partial charge in [-0.3, -0.25) is 4.79 Å². The number of aromatic nitrogens is 1. The van der Waals surface area contributed by atoms with E-state index in [1.165, 1.54) is 11.0 Å². The molecular formula is C13H20ClN3O2. The molecule has 0 aliphatic rings. The van der Waals surface area contributed by atoms with Crippen molar-refractivity contribution in [3.8, 4) is 0 Å². The molecule has 0 bridgehead atoms. The molecule has 1 aromatic rings. The molecular weight excluding hydrogens is 266 g/mol. The first-order valence-electron chi connectivity index (χ1n) is 6.29. The Labute approximate surface area is 118 Å². The van der Waals surface area contributed by atoms with Crippen LogP contribution in [-0.2, 0) is 0 Å². The topological polar surface area (TPSA) is 65.5 Å². The zero-order valence-corrected chi connectivity index (χ0v) is 12.2. The number of carbonyl (C=O) groups is 1. The fourth-order valence-corrected chi connectivity index (χ4v) is 1.70. The molecule has 1 amide bonds. The zero-order chi connectivity index (χ0) is 14.4. The van der Waals surface area contributed by atoms with Gasteiger partial charge in [-0.25, -0.2) is 4.98 Å². The molecule has 0 aliphatic heterocycles. The third-order valence-corrected chi connectivity index (χ3v) is 3.04. The SMILES string of the molecule is CCCNc1cc(C(=O)N(C)C(C)CO)cc(Cl)n1. The Bertz CT molecular complexity index is 440. The Balaban J connectivity index is 2.93. The number of hydrogen-bond donors (Lipinski definition) is 2. The van der Waals surface area contributed by atoms with Crippen molar-refractivity contribution >= 4 is 23.3 Å². The van der Waals surface area contributed by atoms with Gasteiger partial charge in [-0.15, -0.1) is 0 Å². The van der Waals surface area contributed by atoms with Crippen LogP contribution in [0.15, 0.2) is 12.1 Å². The van der Waals surface area contributed by atoms with Gasteiger partial charge in [-0.05, 0) is 25.5 Å². The highest BCUT2D eigenvalue weighted by molar-refractivity contribution is 6.29. The number of pyridine rings is 1. The summed E-state index contributed by atoms with van der Waals surface area (Å²) < 4.78 is 0. The van der Waals surface area contributed by atoms with Gasteiger partial charge in [0.15, 0.2) is 0 Å². The molecule has 1 heterocycles. The number of aliphatic hydroxyl groups is 1. The molecule has 1 atom stereocenters. The Morgan fingerprint density at radius 3 is 2.84 bits per heavy atom. The normalized spacial score (nSPS) is 12.1. The van der Waals surface area contributed by atoms with Gasteiger partial charge in [0.05, 0.1) is 12.6 Å². The van der Waals surface area contributed by atoms with Crippen LogP contribution in [-0.4, -0.2) is 47.1 Å². The number of halogens is 1. The molecule has 19 heavy (non-hydrogen) atoms. The number of anilines is 1. The summed E-state index contributed by atoms with van der Waals surface area (Å²) >= 11 is 5.92. The average molecular weight is 286 g/mol. The van der Waals surface area contributed by atoms with E-state index in [1.807, 2.05) is 6.92 Å². The van der Waals surface area contributed by atoms with Gasteiger partial charge in [-0.2, -0.15) is 0 Å². The smallest absolute Gasteiger partial charge is 0.254 e. The molecule has 0 aliphatic carbocycles.